The lowest BCUT2D eigenvalue weighted by Crippen LogP contribution is -1.94. The Labute approximate surface area is 94.0 Å². The highest BCUT2D eigenvalue weighted by molar-refractivity contribution is 5.61. The Bertz CT molecular complexity index is 466. The topological polar surface area (TPSA) is 61.3 Å². The quantitative estimate of drug-likeness (QED) is 0.853. The van der Waals surface area contributed by atoms with Crippen LogP contribution < -0.4 is 5.73 Å². The molecule has 2 aromatic rings. The van der Waals surface area contributed by atoms with Crippen LogP contribution in [0.25, 0.3) is 11.3 Å². The van der Waals surface area contributed by atoms with Gasteiger partial charge in [-0.15, -0.1) is 0 Å². The first-order chi connectivity index (χ1) is 7.79. The van der Waals surface area contributed by atoms with E-state index < -0.39 is 0 Å². The van der Waals surface area contributed by atoms with Crippen LogP contribution in [0.1, 0.15) is 5.56 Å². The Hall–Kier alpha value is -1.81. The molecule has 1 heterocycles. The molecule has 1 aromatic carbocycles. The maximum atomic E-state index is 5.49. The molecule has 0 spiro atoms. The zero-order valence-electron chi connectivity index (χ0n) is 9.14. The summed E-state index contributed by atoms with van der Waals surface area (Å²) in [6, 6.07) is 9.82. The fraction of sp³-hybridized carbons (Fsp3) is 0.250. The number of ether oxygens (including phenoxy) is 1. The van der Waals surface area contributed by atoms with Crippen LogP contribution in [0.4, 0.5) is 5.88 Å². The van der Waals surface area contributed by atoms with Crippen LogP contribution in [-0.4, -0.2) is 18.9 Å². The highest BCUT2D eigenvalue weighted by atomic mass is 16.5. The van der Waals surface area contributed by atoms with Crippen molar-refractivity contribution in [2.24, 2.45) is 0 Å². The number of benzene rings is 1. The second-order valence-corrected chi connectivity index (χ2v) is 3.56. The minimum Gasteiger partial charge on any atom is -0.384 e. The van der Waals surface area contributed by atoms with Gasteiger partial charge in [0.2, 0.25) is 5.88 Å². The second-order valence-electron chi connectivity index (χ2n) is 3.56. The number of anilines is 1. The summed E-state index contributed by atoms with van der Waals surface area (Å²) < 4.78 is 9.88. The van der Waals surface area contributed by atoms with Gasteiger partial charge in [0.1, 0.15) is 5.69 Å². The zero-order valence-corrected chi connectivity index (χ0v) is 9.14. The fourth-order valence-electron chi connectivity index (χ4n) is 1.53. The predicted octanol–water partition coefficient (Wildman–Crippen LogP) is 2.11. The number of methoxy groups -OCH3 is 1. The summed E-state index contributed by atoms with van der Waals surface area (Å²) in [6.07, 6.45) is 0.887. The molecule has 0 atom stereocenters. The Kier molecular flexibility index (Phi) is 3.22. The molecule has 0 bridgehead atoms. The molecule has 0 radical (unpaired) electrons. The Morgan fingerprint density at radius 3 is 2.94 bits per heavy atom. The van der Waals surface area contributed by atoms with E-state index in [0.29, 0.717) is 12.5 Å². The molecule has 0 aliphatic rings. The standard InChI is InChI=1S/C12H14N2O2/c1-15-6-5-9-3-2-4-10(7-9)11-8-12(13)16-14-11/h2-4,7-8H,5-6,13H2,1H3. The van der Waals surface area contributed by atoms with Crippen molar-refractivity contribution in [3.63, 3.8) is 0 Å². The van der Waals surface area contributed by atoms with Crippen molar-refractivity contribution in [3.05, 3.63) is 35.9 Å². The maximum Gasteiger partial charge on any atom is 0.222 e. The van der Waals surface area contributed by atoms with Crippen LogP contribution in [-0.2, 0) is 11.2 Å². The van der Waals surface area contributed by atoms with Crippen molar-refractivity contribution in [1.29, 1.82) is 0 Å². The highest BCUT2D eigenvalue weighted by Gasteiger charge is 2.04. The van der Waals surface area contributed by atoms with E-state index in [1.54, 1.807) is 13.2 Å². The first-order valence-corrected chi connectivity index (χ1v) is 5.10. The van der Waals surface area contributed by atoms with E-state index in [9.17, 15) is 0 Å². The molecule has 0 unspecified atom stereocenters. The molecular weight excluding hydrogens is 204 g/mol. The van der Waals surface area contributed by atoms with Gasteiger partial charge in [-0.1, -0.05) is 23.4 Å². The van der Waals surface area contributed by atoms with Gasteiger partial charge in [0.15, 0.2) is 0 Å². The SMILES string of the molecule is COCCc1cccc(-c2cc(N)on2)c1. The summed E-state index contributed by atoms with van der Waals surface area (Å²) in [5.74, 6) is 0.331. The molecule has 0 aliphatic heterocycles. The predicted molar refractivity (Wildman–Crippen MR) is 61.9 cm³/mol. The molecule has 84 valence electrons. The minimum absolute atomic E-state index is 0.331. The molecule has 0 amide bonds. The molecular formula is C12H14N2O2. The van der Waals surface area contributed by atoms with Crippen molar-refractivity contribution in [3.8, 4) is 11.3 Å². The summed E-state index contributed by atoms with van der Waals surface area (Å²) in [5, 5.41) is 3.88. The van der Waals surface area contributed by atoms with Crippen LogP contribution in [0.5, 0.6) is 0 Å². The van der Waals surface area contributed by atoms with Gasteiger partial charge < -0.3 is 15.0 Å². The first kappa shape index (κ1) is 10.7. The zero-order chi connectivity index (χ0) is 11.4. The number of hydrogen-bond acceptors (Lipinski definition) is 4. The monoisotopic (exact) mass is 218 g/mol. The van der Waals surface area contributed by atoms with Gasteiger partial charge in [0.05, 0.1) is 6.61 Å². The highest BCUT2D eigenvalue weighted by Crippen LogP contribution is 2.21. The Morgan fingerprint density at radius 2 is 2.25 bits per heavy atom. The van der Waals surface area contributed by atoms with Crippen LogP contribution in [0.15, 0.2) is 34.9 Å². The van der Waals surface area contributed by atoms with E-state index in [-0.39, 0.29) is 0 Å². The molecule has 16 heavy (non-hydrogen) atoms. The van der Waals surface area contributed by atoms with Gasteiger partial charge in [-0.05, 0) is 18.1 Å². The smallest absolute Gasteiger partial charge is 0.222 e. The molecule has 1 aromatic heterocycles. The first-order valence-electron chi connectivity index (χ1n) is 5.10. The van der Waals surface area contributed by atoms with E-state index in [1.807, 2.05) is 12.1 Å². The Balaban J connectivity index is 2.22. The van der Waals surface area contributed by atoms with E-state index in [1.165, 1.54) is 5.56 Å². The van der Waals surface area contributed by atoms with Crippen LogP contribution in [0, 0.1) is 0 Å². The van der Waals surface area contributed by atoms with Crippen molar-refractivity contribution in [2.75, 3.05) is 19.5 Å². The molecule has 2 rings (SSSR count). The maximum absolute atomic E-state index is 5.49. The van der Waals surface area contributed by atoms with E-state index in [4.69, 9.17) is 15.0 Å². The van der Waals surface area contributed by atoms with Crippen LogP contribution in [0.2, 0.25) is 0 Å². The molecule has 0 aliphatic carbocycles. The lowest BCUT2D eigenvalue weighted by Gasteiger charge is -2.02. The third-order valence-corrected chi connectivity index (χ3v) is 2.35. The van der Waals surface area contributed by atoms with Gasteiger partial charge in [0.25, 0.3) is 0 Å². The van der Waals surface area contributed by atoms with Gasteiger partial charge >= 0.3 is 0 Å². The summed E-state index contributed by atoms with van der Waals surface area (Å²) in [4.78, 5) is 0. The fourth-order valence-corrected chi connectivity index (χ4v) is 1.53. The molecule has 2 N–H and O–H groups in total. The average Bonchev–Trinajstić information content (AvgIpc) is 2.74. The number of hydrogen-bond donors (Lipinski definition) is 1. The number of rotatable bonds is 4. The van der Waals surface area contributed by atoms with Crippen molar-refractivity contribution in [1.82, 2.24) is 5.16 Å². The third kappa shape index (κ3) is 2.41. The van der Waals surface area contributed by atoms with Crippen molar-refractivity contribution >= 4 is 5.88 Å². The largest absolute Gasteiger partial charge is 0.384 e. The average molecular weight is 218 g/mol. The minimum atomic E-state index is 0.331. The van der Waals surface area contributed by atoms with E-state index in [0.717, 1.165) is 17.7 Å². The third-order valence-electron chi connectivity index (χ3n) is 2.35. The number of nitrogens with zero attached hydrogens (tertiary/aromatic N) is 1. The van der Waals surface area contributed by atoms with Crippen LogP contribution in [0.3, 0.4) is 0 Å². The normalized spacial score (nSPS) is 10.6. The second kappa shape index (κ2) is 4.81. The summed E-state index contributed by atoms with van der Waals surface area (Å²) >= 11 is 0. The Morgan fingerprint density at radius 1 is 1.38 bits per heavy atom. The lowest BCUT2D eigenvalue weighted by molar-refractivity contribution is 0.202. The van der Waals surface area contributed by atoms with Crippen LogP contribution >= 0.6 is 0 Å². The number of aromatic nitrogens is 1. The van der Waals surface area contributed by atoms with E-state index >= 15 is 0 Å². The summed E-state index contributed by atoms with van der Waals surface area (Å²) in [7, 11) is 1.70. The van der Waals surface area contributed by atoms with Crippen molar-refractivity contribution in [2.45, 2.75) is 6.42 Å². The van der Waals surface area contributed by atoms with Gasteiger partial charge in [0, 0.05) is 18.7 Å². The van der Waals surface area contributed by atoms with Crippen molar-refractivity contribution < 1.29 is 9.26 Å². The molecule has 0 fully saturated rings. The molecule has 0 saturated carbocycles. The number of nitrogen functional groups attached to an aromatic ring is 1. The number of nitrogens with two attached hydrogens (primary N) is 1. The van der Waals surface area contributed by atoms with Gasteiger partial charge in [-0.3, -0.25) is 0 Å². The molecule has 4 nitrogen and oxygen atoms in total. The summed E-state index contributed by atoms with van der Waals surface area (Å²) in [5.41, 5.74) is 8.46. The molecule has 4 heteroatoms. The van der Waals surface area contributed by atoms with Gasteiger partial charge in [-0.2, -0.15) is 0 Å². The van der Waals surface area contributed by atoms with E-state index in [2.05, 4.69) is 17.3 Å². The lowest BCUT2D eigenvalue weighted by atomic mass is 10.1. The summed E-state index contributed by atoms with van der Waals surface area (Å²) in [6.45, 7) is 0.713. The molecule has 0 saturated heterocycles. The van der Waals surface area contributed by atoms with Gasteiger partial charge in [-0.25, -0.2) is 0 Å².